The molecule has 0 heterocycles. The van der Waals surface area contributed by atoms with Gasteiger partial charge in [-0.2, -0.15) is 0 Å². The quantitative estimate of drug-likeness (QED) is 0.227. The van der Waals surface area contributed by atoms with Crippen molar-refractivity contribution in [2.24, 2.45) is 10.3 Å². The summed E-state index contributed by atoms with van der Waals surface area (Å²) in [5.74, 6) is 0. The van der Waals surface area contributed by atoms with Gasteiger partial charge in [0.1, 0.15) is 0 Å². The van der Waals surface area contributed by atoms with Crippen molar-refractivity contribution in [1.29, 1.82) is 0 Å². The molecular formula is C14H31ClN4O2. The van der Waals surface area contributed by atoms with Crippen LogP contribution in [0, 0.1) is 0 Å². The van der Waals surface area contributed by atoms with Crippen molar-refractivity contribution in [1.82, 2.24) is 10.6 Å². The van der Waals surface area contributed by atoms with Gasteiger partial charge in [-0.3, -0.25) is 0 Å². The molecule has 0 aliphatic rings. The number of nitrogens with zero attached hydrogens (tertiary/aromatic N) is 2. The molecule has 0 saturated carbocycles. The Labute approximate surface area is 134 Å². The van der Waals surface area contributed by atoms with Gasteiger partial charge >= 0.3 is 0 Å². The van der Waals surface area contributed by atoms with E-state index in [-0.39, 0.29) is 23.5 Å². The summed E-state index contributed by atoms with van der Waals surface area (Å²) in [6.45, 7) is 13.3. The molecule has 0 fully saturated rings. The van der Waals surface area contributed by atoms with Crippen molar-refractivity contribution in [2.75, 3.05) is 13.1 Å². The minimum atomic E-state index is -0.290. The van der Waals surface area contributed by atoms with Crippen LogP contribution in [0.25, 0.3) is 0 Å². The lowest BCUT2D eigenvalue weighted by Crippen LogP contribution is -2.47. The topological polar surface area (TPSA) is 89.2 Å². The Morgan fingerprint density at radius 3 is 1.33 bits per heavy atom. The summed E-state index contributed by atoms with van der Waals surface area (Å²) in [6.07, 6.45) is 2.03. The van der Waals surface area contributed by atoms with Crippen LogP contribution in [-0.4, -0.2) is 46.0 Å². The number of oxime groups is 2. The van der Waals surface area contributed by atoms with Crippen LogP contribution >= 0.6 is 12.4 Å². The summed E-state index contributed by atoms with van der Waals surface area (Å²) in [5.41, 5.74) is 0.765. The first-order valence-corrected chi connectivity index (χ1v) is 7.05. The Hall–Kier alpha value is -0.850. The molecule has 4 N–H and O–H groups in total. The average molecular weight is 323 g/mol. The van der Waals surface area contributed by atoms with Crippen molar-refractivity contribution in [3.63, 3.8) is 0 Å². The standard InChI is InChI=1S/C14H30N4O2.ClH/c1-11(17-19)13(3,4)15-9-7-8-10-16-14(5,6)12(2)18-20;/h15-16,19-20H,7-10H2,1-6H3;1H/b17-11+,18-12+;. The Morgan fingerprint density at radius 2 is 1.10 bits per heavy atom. The van der Waals surface area contributed by atoms with Gasteiger partial charge in [0.2, 0.25) is 0 Å². The van der Waals surface area contributed by atoms with Gasteiger partial charge in [0.05, 0.1) is 22.5 Å². The van der Waals surface area contributed by atoms with Gasteiger partial charge in [-0.15, -0.1) is 12.4 Å². The molecule has 0 atom stereocenters. The minimum Gasteiger partial charge on any atom is -0.411 e. The van der Waals surface area contributed by atoms with Crippen LogP contribution in [0.4, 0.5) is 0 Å². The third kappa shape index (κ3) is 8.24. The van der Waals surface area contributed by atoms with E-state index < -0.39 is 0 Å². The zero-order valence-corrected chi connectivity index (χ0v) is 14.8. The van der Waals surface area contributed by atoms with Gasteiger partial charge in [-0.25, -0.2) is 0 Å². The Morgan fingerprint density at radius 1 is 0.810 bits per heavy atom. The molecule has 0 bridgehead atoms. The van der Waals surface area contributed by atoms with Gasteiger partial charge in [0.25, 0.3) is 0 Å². The zero-order valence-electron chi connectivity index (χ0n) is 14.0. The van der Waals surface area contributed by atoms with Gasteiger partial charge < -0.3 is 21.0 Å². The molecule has 0 unspecified atom stereocenters. The van der Waals surface area contributed by atoms with Crippen LogP contribution in [0.1, 0.15) is 54.4 Å². The fraction of sp³-hybridized carbons (Fsp3) is 0.857. The molecule has 6 nitrogen and oxygen atoms in total. The lowest BCUT2D eigenvalue weighted by atomic mass is 9.99. The highest BCUT2D eigenvalue weighted by Gasteiger charge is 2.22. The van der Waals surface area contributed by atoms with E-state index in [1.165, 1.54) is 0 Å². The second kappa shape index (κ2) is 9.97. The lowest BCUT2D eigenvalue weighted by molar-refractivity contribution is 0.309. The molecule has 7 heteroatoms. The highest BCUT2D eigenvalue weighted by Crippen LogP contribution is 2.07. The van der Waals surface area contributed by atoms with Gasteiger partial charge in [-0.1, -0.05) is 10.3 Å². The van der Waals surface area contributed by atoms with E-state index in [4.69, 9.17) is 10.4 Å². The average Bonchev–Trinajstić information content (AvgIpc) is 2.40. The SMILES string of the molecule is C/C(=N\O)C(C)(C)NCCCCNC(C)(C)/C(C)=N/O.Cl. The first-order chi connectivity index (χ1) is 9.17. The second-order valence-electron chi connectivity index (χ2n) is 6.18. The molecule has 126 valence electrons. The summed E-state index contributed by atoms with van der Waals surface area (Å²) in [5, 5.41) is 30.8. The van der Waals surface area contributed by atoms with Gasteiger partial charge in [-0.05, 0) is 67.5 Å². The summed E-state index contributed by atoms with van der Waals surface area (Å²) in [7, 11) is 0. The predicted octanol–water partition coefficient (Wildman–Crippen LogP) is 2.63. The number of unbranched alkanes of at least 4 members (excludes halogenated alkanes) is 1. The van der Waals surface area contributed by atoms with Crippen molar-refractivity contribution >= 4 is 23.8 Å². The number of nitrogens with one attached hydrogen (secondary N) is 2. The maximum absolute atomic E-state index is 8.78. The summed E-state index contributed by atoms with van der Waals surface area (Å²) >= 11 is 0. The van der Waals surface area contributed by atoms with Crippen LogP contribution in [0.5, 0.6) is 0 Å². The van der Waals surface area contributed by atoms with Crippen molar-refractivity contribution in [3.8, 4) is 0 Å². The normalized spacial score (nSPS) is 14.0. The van der Waals surface area contributed by atoms with E-state index in [2.05, 4.69) is 20.9 Å². The molecule has 0 radical (unpaired) electrons. The molecule has 0 aliphatic carbocycles. The minimum absolute atomic E-state index is 0. The van der Waals surface area contributed by atoms with E-state index in [1.54, 1.807) is 13.8 Å². The third-order valence-electron chi connectivity index (χ3n) is 3.85. The third-order valence-corrected chi connectivity index (χ3v) is 3.85. The lowest BCUT2D eigenvalue weighted by Gasteiger charge is -2.26. The highest BCUT2D eigenvalue weighted by atomic mass is 35.5. The summed E-state index contributed by atoms with van der Waals surface area (Å²) in [4.78, 5) is 0. The monoisotopic (exact) mass is 322 g/mol. The van der Waals surface area contributed by atoms with E-state index >= 15 is 0 Å². The number of rotatable bonds is 9. The maximum atomic E-state index is 8.78. The molecular weight excluding hydrogens is 292 g/mol. The predicted molar refractivity (Wildman–Crippen MR) is 90.4 cm³/mol. The molecule has 0 aliphatic heterocycles. The van der Waals surface area contributed by atoms with Crippen molar-refractivity contribution < 1.29 is 10.4 Å². The molecule has 0 amide bonds. The number of hydrogen-bond acceptors (Lipinski definition) is 6. The van der Waals surface area contributed by atoms with Crippen molar-refractivity contribution in [2.45, 2.75) is 65.5 Å². The van der Waals surface area contributed by atoms with E-state index in [0.717, 1.165) is 25.9 Å². The second-order valence-corrected chi connectivity index (χ2v) is 6.18. The number of halogens is 1. The summed E-state index contributed by atoms with van der Waals surface area (Å²) in [6, 6.07) is 0. The molecule has 21 heavy (non-hydrogen) atoms. The molecule has 0 rings (SSSR count). The Kier molecular flexibility index (Phi) is 10.7. The smallest absolute Gasteiger partial charge is 0.0734 e. The van der Waals surface area contributed by atoms with Crippen LogP contribution in [0.3, 0.4) is 0 Å². The fourth-order valence-electron chi connectivity index (χ4n) is 1.56. The number of hydrogen-bond donors (Lipinski definition) is 4. The highest BCUT2D eigenvalue weighted by molar-refractivity contribution is 5.90. The van der Waals surface area contributed by atoms with E-state index in [1.807, 2.05) is 27.7 Å². The fourth-order valence-corrected chi connectivity index (χ4v) is 1.56. The van der Waals surface area contributed by atoms with Gasteiger partial charge in [0, 0.05) is 0 Å². The maximum Gasteiger partial charge on any atom is 0.0734 e. The first-order valence-electron chi connectivity index (χ1n) is 7.05. The van der Waals surface area contributed by atoms with Crippen LogP contribution in [0.2, 0.25) is 0 Å². The molecule has 0 aromatic heterocycles. The zero-order chi connectivity index (χ0) is 15.8. The van der Waals surface area contributed by atoms with E-state index in [9.17, 15) is 0 Å². The Balaban J connectivity index is 0. The molecule has 0 saturated heterocycles. The van der Waals surface area contributed by atoms with Crippen molar-refractivity contribution in [3.05, 3.63) is 0 Å². The molecule has 0 spiro atoms. The van der Waals surface area contributed by atoms with Gasteiger partial charge in [0.15, 0.2) is 0 Å². The van der Waals surface area contributed by atoms with Crippen LogP contribution in [-0.2, 0) is 0 Å². The first kappa shape index (κ1) is 22.4. The summed E-state index contributed by atoms with van der Waals surface area (Å²) < 4.78 is 0. The van der Waals surface area contributed by atoms with E-state index in [0.29, 0.717) is 11.4 Å². The largest absolute Gasteiger partial charge is 0.411 e. The molecule has 0 aromatic rings. The van der Waals surface area contributed by atoms with Crippen LogP contribution in [0.15, 0.2) is 10.3 Å². The molecule has 0 aromatic carbocycles. The van der Waals surface area contributed by atoms with Crippen LogP contribution < -0.4 is 10.6 Å². The Bertz CT molecular complexity index is 321.